The molecule has 0 aliphatic carbocycles. The number of thioether (sulfide) groups is 1. The van der Waals surface area contributed by atoms with Crippen LogP contribution in [0.25, 0.3) is 0 Å². The molecule has 0 radical (unpaired) electrons. The molecule has 1 aromatic carbocycles. The first kappa shape index (κ1) is 18.3. The highest BCUT2D eigenvalue weighted by molar-refractivity contribution is 8.00. The Morgan fingerprint density at radius 2 is 1.83 bits per heavy atom. The normalized spacial score (nSPS) is 13.1. The van der Waals surface area contributed by atoms with Crippen molar-refractivity contribution in [2.75, 3.05) is 5.32 Å². The van der Waals surface area contributed by atoms with Gasteiger partial charge in [0.25, 0.3) is 0 Å². The molecule has 1 amide bonds. The maximum absolute atomic E-state index is 12.8. The number of amides is 1. The molecular formula is C15H17F3N4OS. The molecule has 0 saturated heterocycles. The van der Waals surface area contributed by atoms with Crippen molar-refractivity contribution in [3.63, 3.8) is 0 Å². The van der Waals surface area contributed by atoms with Gasteiger partial charge in [0.15, 0.2) is 5.16 Å². The molecule has 24 heavy (non-hydrogen) atoms. The minimum atomic E-state index is -4.58. The number of anilines is 1. The van der Waals surface area contributed by atoms with Crippen LogP contribution in [0.5, 0.6) is 0 Å². The number of benzene rings is 1. The van der Waals surface area contributed by atoms with E-state index in [2.05, 4.69) is 15.5 Å². The van der Waals surface area contributed by atoms with Crippen molar-refractivity contribution in [2.45, 2.75) is 30.4 Å². The van der Waals surface area contributed by atoms with E-state index in [0.717, 1.165) is 16.3 Å². The van der Waals surface area contributed by atoms with Gasteiger partial charge in [-0.3, -0.25) is 4.79 Å². The highest BCUT2D eigenvalue weighted by atomic mass is 32.2. The van der Waals surface area contributed by atoms with E-state index in [1.165, 1.54) is 7.05 Å². The van der Waals surface area contributed by atoms with Crippen LogP contribution in [0.15, 0.2) is 35.5 Å². The number of nitrogens with one attached hydrogen (secondary N) is 1. The highest BCUT2D eigenvalue weighted by Crippen LogP contribution is 2.32. The number of nitrogens with zero attached hydrogens (tertiary/aromatic N) is 3. The molecule has 1 aromatic heterocycles. The van der Waals surface area contributed by atoms with Gasteiger partial charge in [-0.2, -0.15) is 13.2 Å². The molecule has 0 aliphatic heterocycles. The Morgan fingerprint density at radius 3 is 2.33 bits per heavy atom. The molecule has 0 spiro atoms. The number of hydrogen-bond donors (Lipinski definition) is 1. The van der Waals surface area contributed by atoms with E-state index in [1.54, 1.807) is 24.3 Å². The van der Waals surface area contributed by atoms with E-state index in [9.17, 15) is 18.0 Å². The Labute approximate surface area is 141 Å². The second-order valence-electron chi connectivity index (χ2n) is 5.50. The SMILES string of the molecule is CC(C)C(Sc1nnc(C(F)(F)F)n1C)C(=O)Nc1ccccc1. The fourth-order valence-corrected chi connectivity index (χ4v) is 3.00. The van der Waals surface area contributed by atoms with Crippen molar-refractivity contribution < 1.29 is 18.0 Å². The zero-order chi connectivity index (χ0) is 17.9. The molecule has 1 N–H and O–H groups in total. The number of alkyl halides is 3. The molecular weight excluding hydrogens is 341 g/mol. The molecule has 0 bridgehead atoms. The van der Waals surface area contributed by atoms with Gasteiger partial charge in [0.1, 0.15) is 0 Å². The summed E-state index contributed by atoms with van der Waals surface area (Å²) in [6.07, 6.45) is -4.58. The van der Waals surface area contributed by atoms with Gasteiger partial charge < -0.3 is 9.88 Å². The fraction of sp³-hybridized carbons (Fsp3) is 0.400. The largest absolute Gasteiger partial charge is 0.451 e. The average Bonchev–Trinajstić information content (AvgIpc) is 2.86. The Morgan fingerprint density at radius 1 is 1.21 bits per heavy atom. The Balaban J connectivity index is 2.17. The van der Waals surface area contributed by atoms with Crippen molar-refractivity contribution in [3.8, 4) is 0 Å². The fourth-order valence-electron chi connectivity index (χ4n) is 2.01. The van der Waals surface area contributed by atoms with Gasteiger partial charge in [0, 0.05) is 12.7 Å². The van der Waals surface area contributed by atoms with Gasteiger partial charge in [-0.15, -0.1) is 10.2 Å². The summed E-state index contributed by atoms with van der Waals surface area (Å²) >= 11 is 0.965. The van der Waals surface area contributed by atoms with Crippen LogP contribution < -0.4 is 5.32 Å². The number of carbonyl (C=O) groups is 1. The average molecular weight is 358 g/mol. The second-order valence-corrected chi connectivity index (χ2v) is 6.61. The molecule has 9 heteroatoms. The third-order valence-electron chi connectivity index (χ3n) is 3.23. The number of halogens is 3. The molecule has 1 unspecified atom stereocenters. The Hall–Kier alpha value is -2.03. The number of para-hydroxylation sites is 1. The standard InChI is InChI=1S/C15H17F3N4OS/c1-9(2)11(12(23)19-10-7-5-4-6-8-10)24-14-21-20-13(22(14)3)15(16,17)18/h4-9,11H,1-3H3,(H,19,23). The molecule has 0 aliphatic rings. The Kier molecular flexibility index (Phi) is 5.53. The monoisotopic (exact) mass is 358 g/mol. The van der Waals surface area contributed by atoms with E-state index in [0.29, 0.717) is 5.69 Å². The zero-order valence-corrected chi connectivity index (χ0v) is 14.1. The summed E-state index contributed by atoms with van der Waals surface area (Å²) in [4.78, 5) is 12.5. The minimum absolute atomic E-state index is 0.0456. The predicted octanol–water partition coefficient (Wildman–Crippen LogP) is 3.59. The van der Waals surface area contributed by atoms with Crippen molar-refractivity contribution in [3.05, 3.63) is 36.2 Å². The second kappa shape index (κ2) is 7.25. The van der Waals surface area contributed by atoms with Crippen molar-refractivity contribution in [2.24, 2.45) is 13.0 Å². The van der Waals surface area contributed by atoms with Crippen LogP contribution in [0.4, 0.5) is 18.9 Å². The summed E-state index contributed by atoms with van der Waals surface area (Å²) in [6.45, 7) is 3.65. The lowest BCUT2D eigenvalue weighted by Crippen LogP contribution is -2.30. The topological polar surface area (TPSA) is 59.8 Å². The molecule has 2 rings (SSSR count). The third-order valence-corrected chi connectivity index (χ3v) is 4.80. The van der Waals surface area contributed by atoms with Gasteiger partial charge in [0.05, 0.1) is 5.25 Å². The number of aromatic nitrogens is 3. The maximum atomic E-state index is 12.8. The van der Waals surface area contributed by atoms with Crippen LogP contribution in [0.2, 0.25) is 0 Å². The minimum Gasteiger partial charge on any atom is -0.325 e. The molecule has 130 valence electrons. The van der Waals surface area contributed by atoms with Gasteiger partial charge in [0.2, 0.25) is 11.7 Å². The van der Waals surface area contributed by atoms with Crippen LogP contribution in [-0.4, -0.2) is 25.9 Å². The smallest absolute Gasteiger partial charge is 0.325 e. The Bertz CT molecular complexity index is 700. The van der Waals surface area contributed by atoms with Crippen LogP contribution in [-0.2, 0) is 18.0 Å². The van der Waals surface area contributed by atoms with E-state index in [4.69, 9.17) is 0 Å². The summed E-state index contributed by atoms with van der Waals surface area (Å²) in [5, 5.41) is 8.95. The number of rotatable bonds is 5. The van der Waals surface area contributed by atoms with Crippen LogP contribution >= 0.6 is 11.8 Å². The molecule has 5 nitrogen and oxygen atoms in total. The lowest BCUT2D eigenvalue weighted by molar-refractivity contribution is -0.147. The molecule has 1 atom stereocenters. The predicted molar refractivity (Wildman–Crippen MR) is 85.6 cm³/mol. The molecule has 0 fully saturated rings. The summed E-state index contributed by atoms with van der Waals surface area (Å²) in [5.74, 6) is -1.49. The van der Waals surface area contributed by atoms with Gasteiger partial charge in [-0.05, 0) is 18.1 Å². The first-order valence-corrected chi connectivity index (χ1v) is 8.07. The first-order chi connectivity index (χ1) is 11.2. The molecule has 2 aromatic rings. The molecule has 1 heterocycles. The lowest BCUT2D eigenvalue weighted by Gasteiger charge is -2.19. The first-order valence-electron chi connectivity index (χ1n) is 7.19. The summed E-state index contributed by atoms with van der Waals surface area (Å²) < 4.78 is 39.2. The van der Waals surface area contributed by atoms with Crippen LogP contribution in [0.1, 0.15) is 19.7 Å². The van der Waals surface area contributed by atoms with Gasteiger partial charge in [-0.1, -0.05) is 43.8 Å². The van der Waals surface area contributed by atoms with Crippen molar-refractivity contribution in [1.82, 2.24) is 14.8 Å². The van der Waals surface area contributed by atoms with E-state index < -0.39 is 17.3 Å². The van der Waals surface area contributed by atoms with Crippen LogP contribution in [0.3, 0.4) is 0 Å². The lowest BCUT2D eigenvalue weighted by atomic mass is 10.1. The summed E-state index contributed by atoms with van der Waals surface area (Å²) in [5.41, 5.74) is 0.627. The number of hydrogen-bond acceptors (Lipinski definition) is 4. The molecule has 0 saturated carbocycles. The summed E-state index contributed by atoms with van der Waals surface area (Å²) in [7, 11) is 1.23. The van der Waals surface area contributed by atoms with Crippen LogP contribution in [0, 0.1) is 5.92 Å². The van der Waals surface area contributed by atoms with Gasteiger partial charge >= 0.3 is 6.18 Å². The number of carbonyl (C=O) groups excluding carboxylic acids is 1. The summed E-state index contributed by atoms with van der Waals surface area (Å²) in [6, 6.07) is 8.87. The van der Waals surface area contributed by atoms with Gasteiger partial charge in [-0.25, -0.2) is 0 Å². The third kappa shape index (κ3) is 4.28. The van der Waals surface area contributed by atoms with Crippen molar-refractivity contribution in [1.29, 1.82) is 0 Å². The zero-order valence-electron chi connectivity index (χ0n) is 13.3. The van der Waals surface area contributed by atoms with Crippen molar-refractivity contribution >= 4 is 23.4 Å². The van der Waals surface area contributed by atoms with E-state index in [1.807, 2.05) is 19.9 Å². The maximum Gasteiger partial charge on any atom is 0.451 e. The van der Waals surface area contributed by atoms with E-state index >= 15 is 0 Å². The van der Waals surface area contributed by atoms with E-state index in [-0.39, 0.29) is 17.0 Å². The quantitative estimate of drug-likeness (QED) is 0.830. The highest BCUT2D eigenvalue weighted by Gasteiger charge is 2.38.